The van der Waals surface area contributed by atoms with Crippen LogP contribution in [-0.2, 0) is 20.4 Å². The number of carboxylic acids is 1. The zero-order valence-corrected chi connectivity index (χ0v) is 11.1. The van der Waals surface area contributed by atoms with Crippen LogP contribution in [0.4, 0.5) is 5.69 Å². The van der Waals surface area contributed by atoms with Crippen LogP contribution in [0.3, 0.4) is 0 Å². The van der Waals surface area contributed by atoms with E-state index in [1.165, 1.54) is 12.1 Å². The molecule has 1 rings (SSSR count). The highest BCUT2D eigenvalue weighted by molar-refractivity contribution is 7.90. The topological polar surface area (TPSA) is 115 Å². The van der Waals surface area contributed by atoms with Gasteiger partial charge in [-0.25, -0.2) is 8.42 Å². The summed E-state index contributed by atoms with van der Waals surface area (Å²) >= 11 is 5.60. The predicted molar refractivity (Wildman–Crippen MR) is 67.9 cm³/mol. The lowest BCUT2D eigenvalue weighted by Crippen LogP contribution is -2.13. The van der Waals surface area contributed by atoms with Gasteiger partial charge in [-0.1, -0.05) is 11.6 Å². The second-order valence-corrected chi connectivity index (χ2v) is 6.39. The monoisotopic (exact) mass is 307 g/mol. The van der Waals surface area contributed by atoms with Crippen molar-refractivity contribution in [2.75, 3.05) is 5.75 Å². The number of rotatable bonds is 6. The minimum absolute atomic E-state index is 0.0141. The fourth-order valence-electron chi connectivity index (χ4n) is 1.38. The van der Waals surface area contributed by atoms with Crippen LogP contribution in [0.1, 0.15) is 12.0 Å². The molecule has 0 spiro atoms. The van der Waals surface area contributed by atoms with Crippen molar-refractivity contribution in [3.05, 3.63) is 38.9 Å². The second kappa shape index (κ2) is 5.98. The van der Waals surface area contributed by atoms with Crippen molar-refractivity contribution in [2.45, 2.75) is 12.2 Å². The summed E-state index contributed by atoms with van der Waals surface area (Å²) in [7, 11) is -3.73. The van der Waals surface area contributed by atoms with Gasteiger partial charge < -0.3 is 5.11 Å². The first-order valence-electron chi connectivity index (χ1n) is 5.06. The molecule has 0 atom stereocenters. The highest BCUT2D eigenvalue weighted by atomic mass is 35.5. The number of benzene rings is 1. The summed E-state index contributed by atoms with van der Waals surface area (Å²) in [6.07, 6.45) is -0.538. The van der Waals surface area contributed by atoms with Crippen molar-refractivity contribution in [3.63, 3.8) is 0 Å². The summed E-state index contributed by atoms with van der Waals surface area (Å²) in [6.45, 7) is 0. The van der Waals surface area contributed by atoms with E-state index in [9.17, 15) is 23.3 Å². The smallest absolute Gasteiger partial charge is 0.304 e. The highest BCUT2D eigenvalue weighted by Gasteiger charge is 2.21. The molecule has 0 saturated heterocycles. The van der Waals surface area contributed by atoms with Crippen LogP contribution in [0, 0.1) is 10.1 Å². The summed E-state index contributed by atoms with van der Waals surface area (Å²) in [5.41, 5.74) is -0.411. The Morgan fingerprint density at radius 1 is 1.42 bits per heavy atom. The van der Waals surface area contributed by atoms with E-state index < -0.39 is 44.3 Å². The van der Waals surface area contributed by atoms with E-state index in [0.29, 0.717) is 0 Å². The lowest BCUT2D eigenvalue weighted by Gasteiger charge is -2.04. The standard InChI is InChI=1S/C10H10ClNO6S/c11-8-2-1-7(9(5-8)12(15)16)6-19(17,18)4-3-10(13)14/h1-2,5H,3-4,6H2,(H,13,14). The molecule has 1 aromatic carbocycles. The lowest BCUT2D eigenvalue weighted by atomic mass is 10.2. The normalized spacial score (nSPS) is 11.2. The molecule has 0 aromatic heterocycles. The van der Waals surface area contributed by atoms with Gasteiger partial charge in [0.2, 0.25) is 0 Å². The first-order chi connectivity index (χ1) is 8.71. The summed E-state index contributed by atoms with van der Waals surface area (Å²) < 4.78 is 23.3. The lowest BCUT2D eigenvalue weighted by molar-refractivity contribution is -0.385. The Hall–Kier alpha value is -1.67. The van der Waals surface area contributed by atoms with Gasteiger partial charge in [-0.05, 0) is 12.1 Å². The Bertz CT molecular complexity index is 612. The Morgan fingerprint density at radius 3 is 2.58 bits per heavy atom. The molecule has 0 amide bonds. The average molecular weight is 308 g/mol. The molecular formula is C10H10ClNO6S. The van der Waals surface area contributed by atoms with Gasteiger partial charge >= 0.3 is 5.97 Å². The van der Waals surface area contributed by atoms with Gasteiger partial charge in [-0.2, -0.15) is 0 Å². The van der Waals surface area contributed by atoms with Crippen LogP contribution >= 0.6 is 11.6 Å². The van der Waals surface area contributed by atoms with Crippen LogP contribution in [0.2, 0.25) is 5.02 Å². The van der Waals surface area contributed by atoms with Gasteiger partial charge in [0.25, 0.3) is 5.69 Å². The zero-order valence-electron chi connectivity index (χ0n) is 9.58. The summed E-state index contributed by atoms with van der Waals surface area (Å²) in [6, 6.07) is 3.65. The predicted octanol–water partition coefficient (Wildman–Crippen LogP) is 1.64. The molecule has 0 radical (unpaired) electrons. The number of sulfone groups is 1. The summed E-state index contributed by atoms with van der Waals surface area (Å²) in [5, 5.41) is 19.3. The van der Waals surface area contributed by atoms with Crippen molar-refractivity contribution in [2.24, 2.45) is 0 Å². The Morgan fingerprint density at radius 2 is 2.05 bits per heavy atom. The Balaban J connectivity index is 2.99. The van der Waals surface area contributed by atoms with Crippen LogP contribution in [0.5, 0.6) is 0 Å². The van der Waals surface area contributed by atoms with E-state index in [2.05, 4.69) is 0 Å². The molecule has 0 aliphatic heterocycles. The van der Waals surface area contributed by atoms with Crippen molar-refractivity contribution in [1.29, 1.82) is 0 Å². The maximum atomic E-state index is 11.6. The molecule has 0 bridgehead atoms. The Labute approximate surface area is 113 Å². The summed E-state index contributed by atoms with van der Waals surface area (Å²) in [4.78, 5) is 20.4. The largest absolute Gasteiger partial charge is 0.481 e. The fraction of sp³-hybridized carbons (Fsp3) is 0.300. The first kappa shape index (κ1) is 15.4. The number of nitrogens with zero attached hydrogens (tertiary/aromatic N) is 1. The number of carbonyl (C=O) groups is 1. The third-order valence-corrected chi connectivity index (χ3v) is 4.06. The molecule has 0 heterocycles. The van der Waals surface area contributed by atoms with E-state index in [1.54, 1.807) is 0 Å². The fourth-order valence-corrected chi connectivity index (χ4v) is 2.90. The third-order valence-electron chi connectivity index (χ3n) is 2.25. The van der Waals surface area contributed by atoms with E-state index >= 15 is 0 Å². The van der Waals surface area contributed by atoms with E-state index in [1.807, 2.05) is 0 Å². The summed E-state index contributed by atoms with van der Waals surface area (Å²) in [5.74, 6) is -2.40. The molecule has 19 heavy (non-hydrogen) atoms. The number of halogens is 1. The number of hydrogen-bond acceptors (Lipinski definition) is 5. The van der Waals surface area contributed by atoms with Gasteiger partial charge in [0.05, 0.1) is 22.8 Å². The van der Waals surface area contributed by atoms with E-state index in [0.717, 1.165) is 6.07 Å². The van der Waals surface area contributed by atoms with Crippen LogP contribution in [0.25, 0.3) is 0 Å². The maximum absolute atomic E-state index is 11.6. The number of carboxylic acid groups (broad SMARTS) is 1. The van der Waals surface area contributed by atoms with Crippen molar-refractivity contribution in [1.82, 2.24) is 0 Å². The molecular weight excluding hydrogens is 298 g/mol. The van der Waals surface area contributed by atoms with E-state index in [-0.39, 0.29) is 10.6 Å². The van der Waals surface area contributed by atoms with Crippen LogP contribution in [0.15, 0.2) is 18.2 Å². The zero-order chi connectivity index (χ0) is 14.6. The molecule has 0 saturated carbocycles. The number of nitro benzene ring substituents is 1. The number of nitro groups is 1. The van der Waals surface area contributed by atoms with Gasteiger partial charge in [0.15, 0.2) is 9.84 Å². The van der Waals surface area contributed by atoms with Crippen molar-refractivity contribution >= 4 is 33.1 Å². The molecule has 0 aliphatic rings. The van der Waals surface area contributed by atoms with Crippen LogP contribution in [-0.4, -0.2) is 30.2 Å². The maximum Gasteiger partial charge on any atom is 0.304 e. The Kier molecular flexibility index (Phi) is 4.84. The van der Waals surface area contributed by atoms with Crippen molar-refractivity contribution in [3.8, 4) is 0 Å². The SMILES string of the molecule is O=C(O)CCS(=O)(=O)Cc1ccc(Cl)cc1[N+](=O)[O-]. The molecule has 1 aromatic rings. The second-order valence-electron chi connectivity index (χ2n) is 3.77. The minimum Gasteiger partial charge on any atom is -0.481 e. The highest BCUT2D eigenvalue weighted by Crippen LogP contribution is 2.25. The van der Waals surface area contributed by atoms with Gasteiger partial charge in [-0.15, -0.1) is 0 Å². The minimum atomic E-state index is -3.73. The molecule has 0 aliphatic carbocycles. The van der Waals surface area contributed by atoms with Crippen LogP contribution < -0.4 is 0 Å². The van der Waals surface area contributed by atoms with Gasteiger partial charge in [-0.3, -0.25) is 14.9 Å². The van der Waals surface area contributed by atoms with E-state index in [4.69, 9.17) is 16.7 Å². The molecule has 0 unspecified atom stereocenters. The van der Waals surface area contributed by atoms with Crippen molar-refractivity contribution < 1.29 is 23.2 Å². The first-order valence-corrected chi connectivity index (χ1v) is 7.26. The molecule has 9 heteroatoms. The number of hydrogen-bond donors (Lipinski definition) is 1. The molecule has 0 fully saturated rings. The average Bonchev–Trinajstić information content (AvgIpc) is 2.28. The third kappa shape index (κ3) is 4.84. The van der Waals surface area contributed by atoms with Gasteiger partial charge in [0.1, 0.15) is 0 Å². The number of aliphatic carboxylic acids is 1. The molecule has 104 valence electrons. The molecule has 1 N–H and O–H groups in total. The quantitative estimate of drug-likeness (QED) is 0.631. The molecule has 7 nitrogen and oxygen atoms in total. The van der Waals surface area contributed by atoms with Gasteiger partial charge in [0, 0.05) is 16.7 Å².